The zero-order valence-electron chi connectivity index (χ0n) is 14.4. The van der Waals surface area contributed by atoms with Crippen LogP contribution in [0.25, 0.3) is 0 Å². The average Bonchev–Trinajstić information content (AvgIpc) is 2.71. The third-order valence-electron chi connectivity index (χ3n) is 4.83. The molecule has 0 radical (unpaired) electrons. The van der Waals surface area contributed by atoms with Gasteiger partial charge < -0.3 is 19.9 Å². The highest BCUT2D eigenvalue weighted by molar-refractivity contribution is 5.98. The summed E-state index contributed by atoms with van der Waals surface area (Å²) in [5, 5.41) is 12.7. The van der Waals surface area contributed by atoms with E-state index in [1.54, 1.807) is 11.0 Å². The van der Waals surface area contributed by atoms with E-state index in [2.05, 4.69) is 16.3 Å². The second-order valence-corrected chi connectivity index (χ2v) is 6.43. The van der Waals surface area contributed by atoms with Gasteiger partial charge in [0.15, 0.2) is 6.61 Å². The predicted octanol–water partition coefficient (Wildman–Crippen LogP) is 1.89. The second kappa shape index (κ2) is 7.06. The summed E-state index contributed by atoms with van der Waals surface area (Å²) in [6.07, 6.45) is 0. The Labute approximate surface area is 152 Å². The lowest BCUT2D eigenvalue weighted by atomic mass is 10.1. The Morgan fingerprint density at radius 1 is 1.15 bits per heavy atom. The normalized spacial score (nSPS) is 16.7. The van der Waals surface area contributed by atoms with Crippen molar-refractivity contribution in [3.05, 3.63) is 53.6 Å². The van der Waals surface area contributed by atoms with Crippen LogP contribution in [0.4, 0.5) is 11.4 Å². The van der Waals surface area contributed by atoms with Crippen molar-refractivity contribution < 1.29 is 9.53 Å². The molecule has 0 unspecified atom stereocenters. The van der Waals surface area contributed by atoms with Crippen molar-refractivity contribution in [2.45, 2.75) is 6.54 Å². The number of nitrogens with one attached hydrogen (secondary N) is 1. The summed E-state index contributed by atoms with van der Waals surface area (Å²) in [5.41, 5.74) is 3.28. The van der Waals surface area contributed by atoms with Crippen LogP contribution in [0.2, 0.25) is 0 Å². The molecule has 26 heavy (non-hydrogen) atoms. The molecule has 1 fully saturated rings. The van der Waals surface area contributed by atoms with Crippen LogP contribution in [0.1, 0.15) is 11.1 Å². The third-order valence-corrected chi connectivity index (χ3v) is 4.83. The molecule has 6 nitrogen and oxygen atoms in total. The first-order valence-corrected chi connectivity index (χ1v) is 8.77. The standard InChI is InChI=1S/C20H20N4O2/c21-12-15-3-1-2-4-16(15)13-24-18-11-17(23-9-7-22-8-10-23)5-6-19(18)26-14-20(24)25/h1-6,11,22H,7-10,13-14H2. The third kappa shape index (κ3) is 3.09. The van der Waals surface area contributed by atoms with E-state index in [1.165, 1.54) is 0 Å². The number of piperazine rings is 1. The fourth-order valence-corrected chi connectivity index (χ4v) is 3.42. The first-order chi connectivity index (χ1) is 12.8. The molecule has 0 spiro atoms. The molecule has 2 aromatic rings. The molecule has 0 bridgehead atoms. The van der Waals surface area contributed by atoms with Gasteiger partial charge in [0.1, 0.15) is 5.75 Å². The van der Waals surface area contributed by atoms with E-state index in [4.69, 9.17) is 4.74 Å². The molecule has 2 aliphatic heterocycles. The molecule has 1 N–H and O–H groups in total. The van der Waals surface area contributed by atoms with Crippen molar-refractivity contribution in [3.63, 3.8) is 0 Å². The zero-order valence-corrected chi connectivity index (χ0v) is 14.4. The lowest BCUT2D eigenvalue weighted by Crippen LogP contribution is -2.44. The number of benzene rings is 2. The van der Waals surface area contributed by atoms with Crippen LogP contribution in [0.15, 0.2) is 42.5 Å². The Balaban J connectivity index is 1.68. The smallest absolute Gasteiger partial charge is 0.265 e. The number of fused-ring (bicyclic) bond motifs is 1. The van der Waals surface area contributed by atoms with Gasteiger partial charge in [0, 0.05) is 31.9 Å². The van der Waals surface area contributed by atoms with Gasteiger partial charge in [-0.05, 0) is 29.8 Å². The van der Waals surface area contributed by atoms with E-state index in [0.717, 1.165) is 43.1 Å². The van der Waals surface area contributed by atoms with Gasteiger partial charge in [0.25, 0.3) is 5.91 Å². The van der Waals surface area contributed by atoms with Gasteiger partial charge in [0.05, 0.1) is 23.9 Å². The van der Waals surface area contributed by atoms with E-state index in [9.17, 15) is 10.1 Å². The number of nitriles is 1. The van der Waals surface area contributed by atoms with E-state index < -0.39 is 0 Å². The minimum absolute atomic E-state index is 0.0225. The molecule has 6 heteroatoms. The van der Waals surface area contributed by atoms with Crippen molar-refractivity contribution in [2.24, 2.45) is 0 Å². The van der Waals surface area contributed by atoms with Gasteiger partial charge in [-0.25, -0.2) is 0 Å². The van der Waals surface area contributed by atoms with Gasteiger partial charge in [-0.2, -0.15) is 5.26 Å². The van der Waals surface area contributed by atoms with Crippen LogP contribution in [0.3, 0.4) is 0 Å². The molecule has 4 rings (SSSR count). The zero-order chi connectivity index (χ0) is 17.9. The fourth-order valence-electron chi connectivity index (χ4n) is 3.42. The SMILES string of the molecule is N#Cc1ccccc1CN1C(=O)COc2ccc(N3CCNCC3)cc21. The van der Waals surface area contributed by atoms with Crippen LogP contribution in [-0.2, 0) is 11.3 Å². The van der Waals surface area contributed by atoms with Crippen molar-refractivity contribution in [3.8, 4) is 11.8 Å². The Bertz CT molecular complexity index is 868. The fraction of sp³-hybridized carbons (Fsp3) is 0.300. The molecule has 1 amide bonds. The van der Waals surface area contributed by atoms with Crippen molar-refractivity contribution >= 4 is 17.3 Å². The largest absolute Gasteiger partial charge is 0.482 e. The lowest BCUT2D eigenvalue weighted by molar-refractivity contribution is -0.121. The number of hydrogen-bond donors (Lipinski definition) is 1. The van der Waals surface area contributed by atoms with E-state index >= 15 is 0 Å². The van der Waals surface area contributed by atoms with E-state index in [-0.39, 0.29) is 12.5 Å². The molecule has 0 aliphatic carbocycles. The number of anilines is 2. The Morgan fingerprint density at radius 3 is 2.77 bits per heavy atom. The Morgan fingerprint density at radius 2 is 1.96 bits per heavy atom. The molecule has 0 aromatic heterocycles. The van der Waals surface area contributed by atoms with Crippen LogP contribution in [0, 0.1) is 11.3 Å². The number of nitrogens with zero attached hydrogens (tertiary/aromatic N) is 3. The Kier molecular flexibility index (Phi) is 4.46. The summed E-state index contributed by atoms with van der Waals surface area (Å²) in [5.74, 6) is 0.612. The monoisotopic (exact) mass is 348 g/mol. The summed E-state index contributed by atoms with van der Waals surface area (Å²) in [4.78, 5) is 16.6. The van der Waals surface area contributed by atoms with Gasteiger partial charge in [0.2, 0.25) is 0 Å². The molecule has 2 aliphatic rings. The molecular weight excluding hydrogens is 328 g/mol. The second-order valence-electron chi connectivity index (χ2n) is 6.43. The Hall–Kier alpha value is -3.04. The highest BCUT2D eigenvalue weighted by atomic mass is 16.5. The summed E-state index contributed by atoms with van der Waals surface area (Å²) in [7, 11) is 0. The van der Waals surface area contributed by atoms with Gasteiger partial charge >= 0.3 is 0 Å². The number of hydrogen-bond acceptors (Lipinski definition) is 5. The molecule has 2 aromatic carbocycles. The maximum Gasteiger partial charge on any atom is 0.265 e. The van der Waals surface area contributed by atoms with Gasteiger partial charge in [-0.3, -0.25) is 4.79 Å². The van der Waals surface area contributed by atoms with Crippen LogP contribution >= 0.6 is 0 Å². The molecule has 1 saturated heterocycles. The van der Waals surface area contributed by atoms with Crippen molar-refractivity contribution in [1.29, 1.82) is 5.26 Å². The van der Waals surface area contributed by atoms with Crippen LogP contribution < -0.4 is 19.9 Å². The van der Waals surface area contributed by atoms with E-state index in [1.807, 2.05) is 36.4 Å². The highest BCUT2D eigenvalue weighted by Crippen LogP contribution is 2.36. The molecule has 0 atom stereocenters. The van der Waals surface area contributed by atoms with Crippen LogP contribution in [-0.4, -0.2) is 38.7 Å². The topological polar surface area (TPSA) is 68.6 Å². The van der Waals surface area contributed by atoms with E-state index in [0.29, 0.717) is 17.9 Å². The number of ether oxygens (including phenoxy) is 1. The summed E-state index contributed by atoms with van der Waals surface area (Å²) in [6, 6.07) is 15.6. The minimum atomic E-state index is -0.0947. The first-order valence-electron chi connectivity index (χ1n) is 8.77. The summed E-state index contributed by atoms with van der Waals surface area (Å²) < 4.78 is 5.62. The van der Waals surface area contributed by atoms with Crippen molar-refractivity contribution in [2.75, 3.05) is 42.6 Å². The maximum atomic E-state index is 12.5. The summed E-state index contributed by atoms with van der Waals surface area (Å²) >= 11 is 0. The average molecular weight is 348 g/mol. The maximum absolute atomic E-state index is 12.5. The van der Waals surface area contributed by atoms with Gasteiger partial charge in [-0.1, -0.05) is 18.2 Å². The van der Waals surface area contributed by atoms with Gasteiger partial charge in [-0.15, -0.1) is 0 Å². The summed E-state index contributed by atoms with van der Waals surface area (Å²) in [6.45, 7) is 4.16. The minimum Gasteiger partial charge on any atom is -0.482 e. The molecular formula is C20H20N4O2. The number of carbonyl (C=O) groups excluding carboxylic acids is 1. The first kappa shape index (κ1) is 16.4. The number of amides is 1. The molecule has 132 valence electrons. The molecule has 2 heterocycles. The van der Waals surface area contributed by atoms with Crippen molar-refractivity contribution in [1.82, 2.24) is 5.32 Å². The van der Waals surface area contributed by atoms with Crippen LogP contribution in [0.5, 0.6) is 5.75 Å². The number of rotatable bonds is 3. The predicted molar refractivity (Wildman–Crippen MR) is 99.4 cm³/mol. The number of carbonyl (C=O) groups is 1. The molecule has 0 saturated carbocycles. The highest BCUT2D eigenvalue weighted by Gasteiger charge is 2.27. The lowest BCUT2D eigenvalue weighted by Gasteiger charge is -2.33. The quantitative estimate of drug-likeness (QED) is 0.917.